The number of aryl methyl sites for hydroxylation is 1. The highest BCUT2D eigenvalue weighted by molar-refractivity contribution is 7.11. The Balaban J connectivity index is 2.50. The molecule has 0 aromatic carbocycles. The second-order valence-corrected chi connectivity index (χ2v) is 6.37. The van der Waals surface area contributed by atoms with Gasteiger partial charge in [0.1, 0.15) is 6.04 Å². The van der Waals surface area contributed by atoms with E-state index in [9.17, 15) is 4.79 Å². The van der Waals surface area contributed by atoms with Crippen LogP contribution in [0.3, 0.4) is 0 Å². The van der Waals surface area contributed by atoms with Crippen LogP contribution in [0.4, 0.5) is 0 Å². The van der Waals surface area contributed by atoms with E-state index in [0.717, 1.165) is 25.7 Å². The lowest BCUT2D eigenvalue weighted by atomic mass is 10.1. The van der Waals surface area contributed by atoms with Crippen molar-refractivity contribution >= 4 is 17.3 Å². The summed E-state index contributed by atoms with van der Waals surface area (Å²) in [4.78, 5) is 14.4. The highest BCUT2D eigenvalue weighted by atomic mass is 32.1. The van der Waals surface area contributed by atoms with Crippen LogP contribution < -0.4 is 5.32 Å². The van der Waals surface area contributed by atoms with Crippen LogP contribution in [0.15, 0.2) is 12.1 Å². The van der Waals surface area contributed by atoms with E-state index < -0.39 is 0 Å². The summed E-state index contributed by atoms with van der Waals surface area (Å²) in [5.74, 6) is -0.150. The molecule has 1 aromatic heterocycles. The first-order valence-corrected chi connectivity index (χ1v) is 7.77. The van der Waals surface area contributed by atoms with E-state index in [4.69, 9.17) is 4.74 Å². The summed E-state index contributed by atoms with van der Waals surface area (Å²) >= 11 is 1.82. The summed E-state index contributed by atoms with van der Waals surface area (Å²) in [6.45, 7) is 6.37. The fourth-order valence-corrected chi connectivity index (χ4v) is 3.14. The summed E-state index contributed by atoms with van der Waals surface area (Å²) in [5, 5.41) is 3.39. The number of unbranched alkanes of at least 4 members (excludes halogenated alkanes) is 1. The van der Waals surface area contributed by atoms with Crippen LogP contribution in [0.2, 0.25) is 0 Å². The van der Waals surface area contributed by atoms with Gasteiger partial charge in [-0.15, -0.1) is 11.3 Å². The minimum Gasteiger partial charge on any atom is -0.468 e. The normalized spacial score (nSPS) is 14.1. The fraction of sp³-hybridized carbons (Fsp3) is 0.667. The van der Waals surface area contributed by atoms with Crippen LogP contribution >= 0.6 is 11.3 Å². The van der Waals surface area contributed by atoms with E-state index in [1.165, 1.54) is 16.9 Å². The Labute approximate surface area is 120 Å². The van der Waals surface area contributed by atoms with Gasteiger partial charge in [0.25, 0.3) is 0 Å². The van der Waals surface area contributed by atoms with E-state index in [0.29, 0.717) is 0 Å². The number of esters is 1. The maximum atomic E-state index is 11.7. The van der Waals surface area contributed by atoms with Gasteiger partial charge in [-0.2, -0.15) is 0 Å². The largest absolute Gasteiger partial charge is 0.468 e. The first-order valence-electron chi connectivity index (χ1n) is 6.96. The molecule has 108 valence electrons. The molecule has 4 heteroatoms. The molecule has 2 atom stereocenters. The number of methoxy groups -OCH3 is 1. The smallest absolute Gasteiger partial charge is 0.322 e. The lowest BCUT2D eigenvalue weighted by Gasteiger charge is -2.21. The van der Waals surface area contributed by atoms with Crippen molar-refractivity contribution in [2.45, 2.75) is 58.5 Å². The Bertz CT molecular complexity index is 389. The van der Waals surface area contributed by atoms with Crippen LogP contribution in [-0.2, 0) is 16.0 Å². The molecule has 0 saturated heterocycles. The van der Waals surface area contributed by atoms with Gasteiger partial charge in [-0.05, 0) is 38.8 Å². The number of carbonyl (C=O) groups excluding carboxylic acids is 1. The third-order valence-electron chi connectivity index (χ3n) is 3.12. The molecule has 3 nitrogen and oxygen atoms in total. The highest BCUT2D eigenvalue weighted by Gasteiger charge is 2.20. The maximum Gasteiger partial charge on any atom is 0.322 e. The number of rotatable bonds is 8. The first-order chi connectivity index (χ1) is 9.06. The van der Waals surface area contributed by atoms with E-state index in [2.05, 4.69) is 38.2 Å². The molecule has 1 N–H and O–H groups in total. The van der Waals surface area contributed by atoms with E-state index in [1.807, 2.05) is 11.3 Å². The Morgan fingerprint density at radius 2 is 2.21 bits per heavy atom. The monoisotopic (exact) mass is 283 g/mol. The van der Waals surface area contributed by atoms with Gasteiger partial charge in [-0.25, -0.2) is 0 Å². The molecule has 0 aliphatic rings. The van der Waals surface area contributed by atoms with Gasteiger partial charge in [0.05, 0.1) is 7.11 Å². The molecule has 0 amide bonds. The van der Waals surface area contributed by atoms with Crippen molar-refractivity contribution in [1.29, 1.82) is 0 Å². The van der Waals surface area contributed by atoms with Crippen molar-refractivity contribution in [1.82, 2.24) is 5.32 Å². The van der Waals surface area contributed by atoms with Crippen molar-refractivity contribution in [2.24, 2.45) is 0 Å². The minimum absolute atomic E-state index is 0.150. The molecule has 0 saturated carbocycles. The number of nitrogens with one attached hydrogen (secondary N) is 1. The lowest BCUT2D eigenvalue weighted by molar-refractivity contribution is -0.143. The van der Waals surface area contributed by atoms with Gasteiger partial charge in [-0.1, -0.05) is 19.8 Å². The number of hydrogen-bond acceptors (Lipinski definition) is 4. The Morgan fingerprint density at radius 1 is 1.47 bits per heavy atom. The third-order valence-corrected chi connectivity index (χ3v) is 4.14. The van der Waals surface area contributed by atoms with Crippen LogP contribution in [0.5, 0.6) is 0 Å². The average Bonchev–Trinajstić information content (AvgIpc) is 2.78. The number of hydrogen-bond donors (Lipinski definition) is 1. The Morgan fingerprint density at radius 3 is 2.74 bits per heavy atom. The van der Waals surface area contributed by atoms with Crippen LogP contribution in [0.1, 0.15) is 42.9 Å². The molecule has 1 aromatic rings. The molecule has 0 aliphatic carbocycles. The maximum absolute atomic E-state index is 11.7. The Kier molecular flexibility index (Phi) is 7.10. The zero-order chi connectivity index (χ0) is 14.3. The van der Waals surface area contributed by atoms with Crippen LogP contribution in [0, 0.1) is 6.92 Å². The fourth-order valence-electron chi connectivity index (χ4n) is 2.12. The zero-order valence-corrected chi connectivity index (χ0v) is 13.2. The second kappa shape index (κ2) is 8.33. The predicted octanol–water partition coefficient (Wildman–Crippen LogP) is 3.31. The van der Waals surface area contributed by atoms with Gasteiger partial charge in [0, 0.05) is 15.8 Å². The zero-order valence-electron chi connectivity index (χ0n) is 12.4. The van der Waals surface area contributed by atoms with Crippen molar-refractivity contribution in [3.05, 3.63) is 21.9 Å². The number of ether oxygens (including phenoxy) is 1. The van der Waals surface area contributed by atoms with Gasteiger partial charge < -0.3 is 10.1 Å². The molecule has 0 aliphatic heterocycles. The van der Waals surface area contributed by atoms with Crippen molar-refractivity contribution in [3.63, 3.8) is 0 Å². The third kappa shape index (κ3) is 5.74. The molecule has 2 unspecified atom stereocenters. The molecule has 0 bridgehead atoms. The standard InChI is InChI=1S/C15H25NO2S/c1-5-6-7-14(15(17)18-4)16-11(2)10-13-9-8-12(3)19-13/h8-9,11,14,16H,5-7,10H2,1-4H3. The topological polar surface area (TPSA) is 38.3 Å². The van der Waals surface area contributed by atoms with Gasteiger partial charge >= 0.3 is 5.97 Å². The molecule has 1 heterocycles. The molecule has 0 fully saturated rings. The summed E-state index contributed by atoms with van der Waals surface area (Å²) in [7, 11) is 1.45. The second-order valence-electron chi connectivity index (χ2n) is 5.00. The van der Waals surface area contributed by atoms with Crippen molar-refractivity contribution in [3.8, 4) is 0 Å². The van der Waals surface area contributed by atoms with E-state index in [-0.39, 0.29) is 18.1 Å². The van der Waals surface area contributed by atoms with Crippen molar-refractivity contribution in [2.75, 3.05) is 7.11 Å². The van der Waals surface area contributed by atoms with Gasteiger partial charge in [-0.3, -0.25) is 4.79 Å². The highest BCUT2D eigenvalue weighted by Crippen LogP contribution is 2.17. The Hall–Kier alpha value is -0.870. The molecule has 1 rings (SSSR count). The summed E-state index contributed by atoms with van der Waals surface area (Å²) in [6.07, 6.45) is 3.93. The number of carbonyl (C=O) groups is 1. The molecule has 0 spiro atoms. The first kappa shape index (κ1) is 16.2. The quantitative estimate of drug-likeness (QED) is 0.744. The van der Waals surface area contributed by atoms with Gasteiger partial charge in [0.15, 0.2) is 0 Å². The molecular weight excluding hydrogens is 258 g/mol. The van der Waals surface area contributed by atoms with Crippen molar-refractivity contribution < 1.29 is 9.53 Å². The molecular formula is C15H25NO2S. The van der Waals surface area contributed by atoms with E-state index in [1.54, 1.807) is 0 Å². The van der Waals surface area contributed by atoms with E-state index >= 15 is 0 Å². The minimum atomic E-state index is -0.180. The predicted molar refractivity (Wildman–Crippen MR) is 80.7 cm³/mol. The van der Waals surface area contributed by atoms with Crippen LogP contribution in [0.25, 0.3) is 0 Å². The number of thiophene rings is 1. The summed E-state index contributed by atoms with van der Waals surface area (Å²) < 4.78 is 4.87. The van der Waals surface area contributed by atoms with Gasteiger partial charge in [0.2, 0.25) is 0 Å². The molecule has 19 heavy (non-hydrogen) atoms. The lowest BCUT2D eigenvalue weighted by Crippen LogP contribution is -2.43. The average molecular weight is 283 g/mol. The SMILES string of the molecule is CCCCC(NC(C)Cc1ccc(C)s1)C(=O)OC. The molecule has 0 radical (unpaired) electrons. The summed E-state index contributed by atoms with van der Waals surface area (Å²) in [6, 6.07) is 4.40. The van der Waals surface area contributed by atoms with Crippen LogP contribution in [-0.4, -0.2) is 25.2 Å². The summed E-state index contributed by atoms with van der Waals surface area (Å²) in [5.41, 5.74) is 0.